The van der Waals surface area contributed by atoms with E-state index in [1.807, 2.05) is 6.92 Å². The molecule has 0 aliphatic heterocycles. The summed E-state index contributed by atoms with van der Waals surface area (Å²) in [5.41, 5.74) is -0.0239. The van der Waals surface area contributed by atoms with E-state index < -0.39 is 4.92 Å². The summed E-state index contributed by atoms with van der Waals surface area (Å²) in [6.07, 6.45) is 1.63. The molecule has 21 heavy (non-hydrogen) atoms. The van der Waals surface area contributed by atoms with E-state index in [-0.39, 0.29) is 5.69 Å². The molecule has 0 amide bonds. The van der Waals surface area contributed by atoms with Gasteiger partial charge in [0, 0.05) is 30.9 Å². The van der Waals surface area contributed by atoms with Gasteiger partial charge in [-0.2, -0.15) is 0 Å². The summed E-state index contributed by atoms with van der Waals surface area (Å²) in [6.45, 7) is 2.72. The molecule has 0 aliphatic rings. The molecule has 6 nitrogen and oxygen atoms in total. The van der Waals surface area contributed by atoms with Crippen LogP contribution in [0.5, 0.6) is 11.5 Å². The maximum absolute atomic E-state index is 10.8. The van der Waals surface area contributed by atoms with Gasteiger partial charge in [0.2, 0.25) is 0 Å². The lowest BCUT2D eigenvalue weighted by Gasteiger charge is -2.11. The Hall–Kier alpha value is -1.67. The van der Waals surface area contributed by atoms with Crippen LogP contribution in [-0.2, 0) is 0 Å². The van der Waals surface area contributed by atoms with Crippen LogP contribution in [0.4, 0.5) is 11.5 Å². The van der Waals surface area contributed by atoms with Crippen molar-refractivity contribution in [2.24, 2.45) is 0 Å². The molecule has 8 heteroatoms. The molecule has 1 aromatic heterocycles. The summed E-state index contributed by atoms with van der Waals surface area (Å²) in [5.74, 6) is 1.75. The predicted octanol–water partition coefficient (Wildman–Crippen LogP) is 4.74. The Morgan fingerprint density at radius 3 is 2.57 bits per heavy atom. The Morgan fingerprint density at radius 2 is 2.00 bits per heavy atom. The van der Waals surface area contributed by atoms with E-state index in [1.165, 1.54) is 12.1 Å². The van der Waals surface area contributed by atoms with Gasteiger partial charge in [-0.15, -0.1) is 0 Å². The molecule has 1 heterocycles. The molecule has 0 bridgehead atoms. The van der Waals surface area contributed by atoms with Crippen LogP contribution in [0, 0.1) is 10.1 Å². The molecule has 0 radical (unpaired) electrons. The fourth-order valence-corrected chi connectivity index (χ4v) is 2.94. The summed E-state index contributed by atoms with van der Waals surface area (Å²) in [6, 6.07) is 6.25. The number of nitrogens with zero attached hydrogens (tertiary/aromatic N) is 2. The minimum atomic E-state index is -0.463. The lowest BCUT2D eigenvalue weighted by atomic mass is 10.3. The molecule has 0 atom stereocenters. The first-order valence-corrected chi connectivity index (χ1v) is 7.61. The number of halogens is 2. The SMILES string of the molecule is CCNc1cc(Oc2c(Br)cc([N+](=O)[O-])cc2Br)ccn1. The van der Waals surface area contributed by atoms with Crippen LogP contribution >= 0.6 is 31.9 Å². The first kappa shape index (κ1) is 15.7. The number of pyridine rings is 1. The van der Waals surface area contributed by atoms with Crippen molar-refractivity contribution in [3.8, 4) is 11.5 Å². The van der Waals surface area contributed by atoms with Gasteiger partial charge in [0.1, 0.15) is 11.6 Å². The maximum atomic E-state index is 10.8. The Balaban J connectivity index is 2.31. The van der Waals surface area contributed by atoms with Crippen LogP contribution in [0.25, 0.3) is 0 Å². The zero-order valence-electron chi connectivity index (χ0n) is 11.0. The minimum absolute atomic E-state index is 0.0239. The maximum Gasteiger partial charge on any atom is 0.271 e. The quantitative estimate of drug-likeness (QED) is 0.562. The number of benzene rings is 1. The second kappa shape index (κ2) is 6.86. The van der Waals surface area contributed by atoms with Crippen molar-refractivity contribution in [1.29, 1.82) is 0 Å². The highest BCUT2D eigenvalue weighted by atomic mass is 79.9. The second-order valence-electron chi connectivity index (χ2n) is 4.00. The molecule has 0 saturated heterocycles. The van der Waals surface area contributed by atoms with E-state index in [9.17, 15) is 10.1 Å². The molecule has 1 N–H and O–H groups in total. The topological polar surface area (TPSA) is 77.3 Å². The standard InChI is InChI=1S/C13H11Br2N3O3/c1-2-16-12-7-9(3-4-17-12)21-13-10(14)5-8(18(19)20)6-11(13)15/h3-7H,2H2,1H3,(H,16,17). The Labute approximate surface area is 137 Å². The third kappa shape index (κ3) is 3.92. The van der Waals surface area contributed by atoms with Crippen LogP contribution < -0.4 is 10.1 Å². The van der Waals surface area contributed by atoms with E-state index in [0.717, 1.165) is 6.54 Å². The highest BCUT2D eigenvalue weighted by molar-refractivity contribution is 9.11. The van der Waals surface area contributed by atoms with Crippen LogP contribution in [-0.4, -0.2) is 16.5 Å². The van der Waals surface area contributed by atoms with Crippen molar-refractivity contribution in [2.75, 3.05) is 11.9 Å². The highest BCUT2D eigenvalue weighted by Gasteiger charge is 2.16. The molecule has 2 aromatic rings. The third-order valence-corrected chi connectivity index (χ3v) is 3.68. The number of non-ortho nitro benzene ring substituents is 1. The lowest BCUT2D eigenvalue weighted by molar-refractivity contribution is -0.385. The van der Waals surface area contributed by atoms with Crippen LogP contribution in [0.3, 0.4) is 0 Å². The Bertz CT molecular complexity index is 656. The first-order valence-electron chi connectivity index (χ1n) is 6.02. The van der Waals surface area contributed by atoms with E-state index in [4.69, 9.17) is 4.74 Å². The number of nitrogens with one attached hydrogen (secondary N) is 1. The van der Waals surface area contributed by atoms with Crippen molar-refractivity contribution < 1.29 is 9.66 Å². The van der Waals surface area contributed by atoms with Gasteiger partial charge in [-0.3, -0.25) is 10.1 Å². The summed E-state index contributed by atoms with van der Waals surface area (Å²) < 4.78 is 6.75. The summed E-state index contributed by atoms with van der Waals surface area (Å²) in [7, 11) is 0. The van der Waals surface area contributed by atoms with Crippen molar-refractivity contribution >= 4 is 43.4 Å². The zero-order valence-corrected chi connectivity index (χ0v) is 14.1. The molecule has 0 aliphatic carbocycles. The number of nitro groups is 1. The average Bonchev–Trinajstić information content (AvgIpc) is 2.43. The highest BCUT2D eigenvalue weighted by Crippen LogP contribution is 2.39. The molecule has 0 saturated carbocycles. The summed E-state index contributed by atoms with van der Waals surface area (Å²) >= 11 is 6.56. The molecular formula is C13H11Br2N3O3. The van der Waals surface area contributed by atoms with Gasteiger partial charge >= 0.3 is 0 Å². The number of hydrogen-bond acceptors (Lipinski definition) is 5. The molecular weight excluding hydrogens is 406 g/mol. The molecule has 2 rings (SSSR count). The largest absolute Gasteiger partial charge is 0.455 e. The number of ether oxygens (including phenoxy) is 1. The predicted molar refractivity (Wildman–Crippen MR) is 87.0 cm³/mol. The van der Waals surface area contributed by atoms with E-state index in [0.29, 0.717) is 26.3 Å². The molecule has 0 unspecified atom stereocenters. The minimum Gasteiger partial charge on any atom is -0.455 e. The van der Waals surface area contributed by atoms with Crippen molar-refractivity contribution in [1.82, 2.24) is 4.98 Å². The fraction of sp³-hybridized carbons (Fsp3) is 0.154. The second-order valence-corrected chi connectivity index (χ2v) is 5.71. The van der Waals surface area contributed by atoms with Gasteiger partial charge in [0.15, 0.2) is 5.75 Å². The number of aromatic nitrogens is 1. The van der Waals surface area contributed by atoms with Gasteiger partial charge in [-0.05, 0) is 44.8 Å². The Kier molecular flexibility index (Phi) is 5.13. The third-order valence-electron chi connectivity index (χ3n) is 2.50. The smallest absolute Gasteiger partial charge is 0.271 e. The summed E-state index contributed by atoms with van der Waals surface area (Å²) in [4.78, 5) is 14.5. The Morgan fingerprint density at radius 1 is 1.33 bits per heavy atom. The monoisotopic (exact) mass is 415 g/mol. The van der Waals surface area contributed by atoms with Crippen molar-refractivity contribution in [3.63, 3.8) is 0 Å². The number of nitro benzene ring substituents is 1. The number of hydrogen-bond donors (Lipinski definition) is 1. The molecule has 110 valence electrons. The van der Waals surface area contributed by atoms with Crippen LogP contribution in [0.1, 0.15) is 6.92 Å². The number of anilines is 1. The van der Waals surface area contributed by atoms with Crippen LogP contribution in [0.2, 0.25) is 0 Å². The fourth-order valence-electron chi connectivity index (χ4n) is 1.62. The van der Waals surface area contributed by atoms with Crippen molar-refractivity contribution in [2.45, 2.75) is 6.92 Å². The first-order chi connectivity index (χ1) is 10.0. The van der Waals surface area contributed by atoms with Crippen molar-refractivity contribution in [3.05, 3.63) is 49.5 Å². The number of rotatable bonds is 5. The molecule has 0 fully saturated rings. The lowest BCUT2D eigenvalue weighted by Crippen LogP contribution is -1.99. The van der Waals surface area contributed by atoms with E-state index in [2.05, 4.69) is 42.2 Å². The molecule has 1 aromatic carbocycles. The average molecular weight is 417 g/mol. The van der Waals surface area contributed by atoms with E-state index >= 15 is 0 Å². The van der Waals surface area contributed by atoms with Gasteiger partial charge in [0.05, 0.1) is 13.9 Å². The summed E-state index contributed by atoms with van der Waals surface area (Å²) in [5, 5.41) is 13.9. The van der Waals surface area contributed by atoms with Crippen LogP contribution in [0.15, 0.2) is 39.4 Å². The zero-order chi connectivity index (χ0) is 15.4. The van der Waals surface area contributed by atoms with Gasteiger partial charge in [-0.1, -0.05) is 0 Å². The van der Waals surface area contributed by atoms with Gasteiger partial charge in [-0.25, -0.2) is 4.98 Å². The molecule has 0 spiro atoms. The normalized spacial score (nSPS) is 10.2. The van der Waals surface area contributed by atoms with Gasteiger partial charge in [0.25, 0.3) is 5.69 Å². The van der Waals surface area contributed by atoms with E-state index in [1.54, 1.807) is 18.3 Å². The van der Waals surface area contributed by atoms with Gasteiger partial charge < -0.3 is 10.1 Å².